The predicted octanol–water partition coefficient (Wildman–Crippen LogP) is 1.68. The Morgan fingerprint density at radius 3 is 2.36 bits per heavy atom. The summed E-state index contributed by atoms with van der Waals surface area (Å²) in [5, 5.41) is 25.3. The first-order valence-corrected chi connectivity index (χ1v) is 16.2. The summed E-state index contributed by atoms with van der Waals surface area (Å²) in [6, 6.07) is 8.42. The number of aliphatic hydroxyl groups excluding tert-OH is 1. The molecule has 1 aliphatic heterocycles. The average molecular weight is 630 g/mol. The van der Waals surface area contributed by atoms with Gasteiger partial charge in [0.05, 0.1) is 24.4 Å². The minimum Gasteiger partial charge on any atom is -0.455 e. The fourth-order valence-electron chi connectivity index (χ4n) is 12.4. The molecule has 5 saturated carbocycles. The van der Waals surface area contributed by atoms with Gasteiger partial charge in [-0.2, -0.15) is 0 Å². The van der Waals surface area contributed by atoms with Crippen molar-refractivity contribution in [3.8, 4) is 0 Å². The molecule has 7 rings (SSSR count). The minimum atomic E-state index is -1.76. The number of nitrogens with zero attached hydrogens (tertiary/aromatic N) is 1. The fraction of sp³-hybridized carbons (Fsp3) is 0.765. The number of hydrogen-bond donors (Lipinski definition) is 2. The number of piperidine rings is 1. The van der Waals surface area contributed by atoms with Crippen LogP contribution in [0.3, 0.4) is 0 Å². The van der Waals surface area contributed by atoms with Crippen molar-refractivity contribution in [2.24, 2.45) is 34.5 Å². The molecule has 0 radical (unpaired) electrons. The van der Waals surface area contributed by atoms with Crippen LogP contribution in [0.2, 0.25) is 0 Å². The molecule has 6 fully saturated rings. The van der Waals surface area contributed by atoms with Gasteiger partial charge in [0.1, 0.15) is 23.9 Å². The Kier molecular flexibility index (Phi) is 7.48. The number of hydrogen-bond acceptors (Lipinski definition) is 11. The van der Waals surface area contributed by atoms with Gasteiger partial charge in [-0.3, -0.25) is 9.69 Å². The number of esters is 2. The van der Waals surface area contributed by atoms with Crippen LogP contribution in [-0.2, 0) is 33.2 Å². The van der Waals surface area contributed by atoms with Crippen LogP contribution < -0.4 is 0 Å². The Morgan fingerprint density at radius 2 is 1.76 bits per heavy atom. The first kappa shape index (κ1) is 31.5. The summed E-state index contributed by atoms with van der Waals surface area (Å²) in [6.45, 7) is 5.44. The summed E-state index contributed by atoms with van der Waals surface area (Å²) in [7, 11) is 6.59. The third kappa shape index (κ3) is 3.66. The van der Waals surface area contributed by atoms with Crippen LogP contribution in [0, 0.1) is 34.5 Å². The first-order valence-electron chi connectivity index (χ1n) is 16.2. The Hall–Kier alpha value is -2.12. The second kappa shape index (κ2) is 10.7. The van der Waals surface area contributed by atoms with Crippen molar-refractivity contribution in [1.82, 2.24) is 4.90 Å². The molecule has 1 spiro atoms. The van der Waals surface area contributed by atoms with Crippen LogP contribution in [-0.4, -0.2) is 123 Å². The van der Waals surface area contributed by atoms with E-state index in [4.69, 9.17) is 28.4 Å². The number of aliphatic hydroxyl groups is 2. The molecule has 2 N–H and O–H groups in total. The van der Waals surface area contributed by atoms with Crippen molar-refractivity contribution in [2.45, 2.75) is 80.9 Å². The maximum Gasteiger partial charge on any atom is 0.338 e. The molecule has 2 unspecified atom stereocenters. The van der Waals surface area contributed by atoms with Crippen molar-refractivity contribution in [2.75, 3.05) is 48.1 Å². The van der Waals surface area contributed by atoms with Gasteiger partial charge >= 0.3 is 11.9 Å². The maximum absolute atomic E-state index is 13.7. The number of rotatable bonds is 9. The van der Waals surface area contributed by atoms with Gasteiger partial charge in [-0.25, -0.2) is 4.79 Å². The van der Waals surface area contributed by atoms with Gasteiger partial charge in [-0.1, -0.05) is 25.1 Å². The van der Waals surface area contributed by atoms with Gasteiger partial charge in [0.15, 0.2) is 5.60 Å². The summed E-state index contributed by atoms with van der Waals surface area (Å²) >= 11 is 0. The Balaban J connectivity index is 1.52. The topological polar surface area (TPSA) is 133 Å². The monoisotopic (exact) mass is 629 g/mol. The summed E-state index contributed by atoms with van der Waals surface area (Å²) in [5.74, 6) is -2.95. The zero-order valence-electron chi connectivity index (χ0n) is 27.0. The number of likely N-dealkylation sites (tertiary alicyclic amines) is 1. The molecule has 45 heavy (non-hydrogen) atoms. The SMILES string of the molecule is CCN1C[C@]2(COC)CCC(OC)[C@]34C1[C@H]([C@H](OC)[C@H]23)[C@]1(OC(C)=O)[C@H]2[C@@H](OC(=O)c3ccccc3)[C@](O)(C[C@H]24)[C@@H](OC)[C@@H]1O. The molecule has 5 aliphatic carbocycles. The molecule has 1 saturated heterocycles. The number of benzene rings is 1. The summed E-state index contributed by atoms with van der Waals surface area (Å²) in [4.78, 5) is 29.4. The summed E-state index contributed by atoms with van der Waals surface area (Å²) in [6.07, 6.45) is -2.64. The first-order chi connectivity index (χ1) is 21.6. The lowest BCUT2D eigenvalue weighted by Crippen LogP contribution is -2.80. The van der Waals surface area contributed by atoms with E-state index in [1.165, 1.54) is 14.0 Å². The molecular weight excluding hydrogens is 582 g/mol. The highest BCUT2D eigenvalue weighted by molar-refractivity contribution is 5.89. The van der Waals surface area contributed by atoms with E-state index in [1.54, 1.807) is 45.6 Å². The molecule has 1 heterocycles. The molecule has 248 valence electrons. The number of fused-ring (bicyclic) bond motifs is 2. The predicted molar refractivity (Wildman–Crippen MR) is 159 cm³/mol. The highest BCUT2D eigenvalue weighted by Crippen LogP contribution is 2.80. The van der Waals surface area contributed by atoms with Gasteiger partial charge in [-0.15, -0.1) is 0 Å². The van der Waals surface area contributed by atoms with E-state index in [1.807, 2.05) is 6.07 Å². The van der Waals surface area contributed by atoms with E-state index >= 15 is 0 Å². The standard InChI is InChI=1S/C34H47NO10/c1-7-35-16-31(17-40-3)14-13-21(41-4)33-20-15-32(39)28(44-30(38)19-11-9-8-10-12-19)22(20)34(45-18(2)36,27(37)29(32)43-6)23(26(33)35)24(42-5)25(31)33/h8-12,20-29,37,39H,7,13-17H2,1-6H3/t20-,21?,22-,23+,24+,25-,26?,27+,28-,29+,31+,32-,33+,34-/m1/s1. The Labute approximate surface area is 264 Å². The lowest BCUT2D eigenvalue weighted by Gasteiger charge is -2.69. The maximum atomic E-state index is 13.7. The normalized spacial score (nSPS) is 49.1. The van der Waals surface area contributed by atoms with Crippen LogP contribution in [0.5, 0.6) is 0 Å². The molecule has 6 aliphatic rings. The Bertz CT molecular complexity index is 1330. The van der Waals surface area contributed by atoms with Crippen molar-refractivity contribution in [3.63, 3.8) is 0 Å². The zero-order chi connectivity index (χ0) is 32.1. The minimum absolute atomic E-state index is 0.101. The van der Waals surface area contributed by atoms with Gasteiger partial charge in [0, 0.05) is 76.5 Å². The van der Waals surface area contributed by atoms with E-state index in [-0.39, 0.29) is 35.8 Å². The zero-order valence-corrected chi connectivity index (χ0v) is 27.0. The van der Waals surface area contributed by atoms with E-state index in [0.717, 1.165) is 19.4 Å². The van der Waals surface area contributed by atoms with Crippen LogP contribution in [0.1, 0.15) is 43.5 Å². The number of ether oxygens (including phenoxy) is 6. The summed E-state index contributed by atoms with van der Waals surface area (Å²) < 4.78 is 37.7. The Morgan fingerprint density at radius 1 is 1.02 bits per heavy atom. The quantitative estimate of drug-likeness (QED) is 0.387. The number of carbonyl (C=O) groups excluding carboxylic acids is 2. The second-order valence-electron chi connectivity index (χ2n) is 14.3. The summed E-state index contributed by atoms with van der Waals surface area (Å²) in [5.41, 5.74) is -3.92. The largest absolute Gasteiger partial charge is 0.455 e. The second-order valence-corrected chi connectivity index (χ2v) is 14.3. The molecular formula is C34H47NO10. The highest BCUT2D eigenvalue weighted by Gasteiger charge is 2.91. The fourth-order valence-corrected chi connectivity index (χ4v) is 12.4. The molecule has 7 bridgehead atoms. The third-order valence-corrected chi connectivity index (χ3v) is 13.0. The van der Waals surface area contributed by atoms with E-state index in [9.17, 15) is 19.8 Å². The van der Waals surface area contributed by atoms with Gasteiger partial charge in [-0.05, 0) is 43.9 Å². The van der Waals surface area contributed by atoms with Crippen LogP contribution in [0.15, 0.2) is 30.3 Å². The molecule has 11 nitrogen and oxygen atoms in total. The van der Waals surface area contributed by atoms with E-state index in [2.05, 4.69) is 11.8 Å². The molecule has 11 heteroatoms. The molecule has 0 amide bonds. The van der Waals surface area contributed by atoms with Crippen LogP contribution in [0.4, 0.5) is 0 Å². The smallest absolute Gasteiger partial charge is 0.338 e. The molecule has 14 atom stereocenters. The van der Waals surface area contributed by atoms with E-state index in [0.29, 0.717) is 18.7 Å². The van der Waals surface area contributed by atoms with Gasteiger partial charge in [0.25, 0.3) is 0 Å². The lowest BCUT2D eigenvalue weighted by molar-refractivity contribution is -0.317. The lowest BCUT2D eigenvalue weighted by atomic mass is 9.43. The van der Waals surface area contributed by atoms with Gasteiger partial charge < -0.3 is 38.6 Å². The van der Waals surface area contributed by atoms with Crippen molar-refractivity contribution < 1.29 is 48.2 Å². The van der Waals surface area contributed by atoms with E-state index < -0.39 is 64.8 Å². The molecule has 1 aromatic carbocycles. The number of methoxy groups -OCH3 is 4. The van der Waals surface area contributed by atoms with Crippen molar-refractivity contribution in [1.29, 1.82) is 0 Å². The van der Waals surface area contributed by atoms with Crippen LogP contribution in [0.25, 0.3) is 0 Å². The average Bonchev–Trinajstić information content (AvgIpc) is 3.40. The van der Waals surface area contributed by atoms with Crippen molar-refractivity contribution >= 4 is 11.9 Å². The molecule has 0 aromatic heterocycles. The van der Waals surface area contributed by atoms with Crippen molar-refractivity contribution in [3.05, 3.63) is 35.9 Å². The molecule has 1 aromatic rings. The highest BCUT2D eigenvalue weighted by atomic mass is 16.6. The van der Waals surface area contributed by atoms with Gasteiger partial charge in [0.2, 0.25) is 0 Å². The van der Waals surface area contributed by atoms with Crippen LogP contribution >= 0.6 is 0 Å². The number of carbonyl (C=O) groups is 2. The third-order valence-electron chi connectivity index (χ3n) is 13.0.